The molecule has 0 aromatic carbocycles. The van der Waals surface area contributed by atoms with Gasteiger partial charge in [0.05, 0.1) is 12.2 Å². The minimum Gasteiger partial charge on any atom is -0.316 e. The maximum absolute atomic E-state index is 4.38. The fourth-order valence-corrected chi connectivity index (χ4v) is 2.58. The summed E-state index contributed by atoms with van der Waals surface area (Å²) in [5.41, 5.74) is 1.05. The minimum absolute atomic E-state index is 0.686. The number of pyridine rings is 1. The van der Waals surface area contributed by atoms with Crippen molar-refractivity contribution >= 4 is 0 Å². The van der Waals surface area contributed by atoms with E-state index in [4.69, 9.17) is 0 Å². The van der Waals surface area contributed by atoms with Crippen LogP contribution in [0.25, 0.3) is 0 Å². The van der Waals surface area contributed by atoms with Gasteiger partial charge in [0.15, 0.2) is 0 Å². The van der Waals surface area contributed by atoms with Crippen molar-refractivity contribution in [3.63, 3.8) is 0 Å². The van der Waals surface area contributed by atoms with Gasteiger partial charge in [-0.3, -0.25) is 4.98 Å². The lowest BCUT2D eigenvalue weighted by Crippen LogP contribution is -2.15. The van der Waals surface area contributed by atoms with Crippen LogP contribution >= 0.6 is 0 Å². The molecule has 5 nitrogen and oxygen atoms in total. The van der Waals surface area contributed by atoms with Crippen molar-refractivity contribution < 1.29 is 0 Å². The highest BCUT2D eigenvalue weighted by atomic mass is 15.3. The van der Waals surface area contributed by atoms with E-state index in [1.165, 1.54) is 6.42 Å². The molecule has 5 heteroatoms. The van der Waals surface area contributed by atoms with Crippen molar-refractivity contribution in [2.45, 2.75) is 26.3 Å². The number of nitrogens with zero attached hydrogens (tertiary/aromatic N) is 4. The van der Waals surface area contributed by atoms with Gasteiger partial charge in [-0.25, -0.2) is 0 Å². The molecule has 1 saturated heterocycles. The first-order valence-corrected chi connectivity index (χ1v) is 6.82. The van der Waals surface area contributed by atoms with E-state index in [-0.39, 0.29) is 0 Å². The molecule has 0 bridgehead atoms. The molecule has 3 rings (SSSR count). The Kier molecular flexibility index (Phi) is 3.55. The van der Waals surface area contributed by atoms with Gasteiger partial charge in [0.2, 0.25) is 0 Å². The van der Waals surface area contributed by atoms with Crippen LogP contribution in [0.4, 0.5) is 0 Å². The van der Waals surface area contributed by atoms with Gasteiger partial charge in [-0.15, -0.1) is 10.2 Å². The summed E-state index contributed by atoms with van der Waals surface area (Å²) in [6, 6.07) is 6.00. The topological polar surface area (TPSA) is 55.6 Å². The first kappa shape index (κ1) is 12.3. The molecule has 0 spiro atoms. The van der Waals surface area contributed by atoms with Gasteiger partial charge in [0.1, 0.15) is 11.6 Å². The molecule has 1 aliphatic rings. The monoisotopic (exact) mass is 257 g/mol. The molecule has 100 valence electrons. The molecule has 1 unspecified atom stereocenters. The molecule has 1 fully saturated rings. The summed E-state index contributed by atoms with van der Waals surface area (Å²) in [4.78, 5) is 4.38. The van der Waals surface area contributed by atoms with Crippen LogP contribution in [0.3, 0.4) is 0 Å². The van der Waals surface area contributed by atoms with E-state index in [0.717, 1.165) is 43.4 Å². The number of nitrogens with one attached hydrogen (secondary N) is 1. The Morgan fingerprint density at radius 2 is 2.32 bits per heavy atom. The highest BCUT2D eigenvalue weighted by molar-refractivity contribution is 5.07. The normalized spacial score (nSPS) is 18.9. The van der Waals surface area contributed by atoms with Gasteiger partial charge >= 0.3 is 0 Å². The van der Waals surface area contributed by atoms with Crippen LogP contribution in [-0.4, -0.2) is 32.8 Å². The zero-order valence-corrected chi connectivity index (χ0v) is 11.2. The van der Waals surface area contributed by atoms with Crippen molar-refractivity contribution in [1.82, 2.24) is 25.1 Å². The molecular weight excluding hydrogens is 238 g/mol. The summed E-state index contributed by atoms with van der Waals surface area (Å²) in [7, 11) is 0. The second kappa shape index (κ2) is 5.48. The molecular formula is C14H19N5. The van der Waals surface area contributed by atoms with Gasteiger partial charge in [-0.05, 0) is 44.5 Å². The predicted molar refractivity (Wildman–Crippen MR) is 72.8 cm³/mol. The van der Waals surface area contributed by atoms with Crippen molar-refractivity contribution in [3.05, 3.63) is 41.7 Å². The summed E-state index contributed by atoms with van der Waals surface area (Å²) < 4.78 is 2.18. The number of aromatic nitrogens is 4. The van der Waals surface area contributed by atoms with Gasteiger partial charge in [0.25, 0.3) is 0 Å². The number of hydrogen-bond donors (Lipinski definition) is 1. The van der Waals surface area contributed by atoms with Crippen LogP contribution < -0.4 is 5.32 Å². The third-order valence-corrected chi connectivity index (χ3v) is 3.69. The SMILES string of the molecule is Cc1nnc(CC2CCNC2)n1Cc1ccccn1. The van der Waals surface area contributed by atoms with Crippen LogP contribution in [-0.2, 0) is 13.0 Å². The van der Waals surface area contributed by atoms with Crippen LogP contribution in [0.1, 0.15) is 23.8 Å². The number of hydrogen-bond acceptors (Lipinski definition) is 4. The van der Waals surface area contributed by atoms with Crippen molar-refractivity contribution in [1.29, 1.82) is 0 Å². The predicted octanol–water partition coefficient (Wildman–Crippen LogP) is 1.18. The maximum atomic E-state index is 4.38. The van der Waals surface area contributed by atoms with Crippen molar-refractivity contribution in [3.8, 4) is 0 Å². The molecule has 1 atom stereocenters. The second-order valence-electron chi connectivity index (χ2n) is 5.13. The van der Waals surface area contributed by atoms with E-state index < -0.39 is 0 Å². The van der Waals surface area contributed by atoms with Crippen LogP contribution in [0.2, 0.25) is 0 Å². The minimum atomic E-state index is 0.686. The lowest BCUT2D eigenvalue weighted by Gasteiger charge is -2.11. The average molecular weight is 257 g/mol. The van der Waals surface area contributed by atoms with Crippen LogP contribution in [0.15, 0.2) is 24.4 Å². The third kappa shape index (κ3) is 2.81. The fraction of sp³-hybridized carbons (Fsp3) is 0.500. The van der Waals surface area contributed by atoms with E-state index in [0.29, 0.717) is 5.92 Å². The summed E-state index contributed by atoms with van der Waals surface area (Å²) in [5.74, 6) is 2.73. The molecule has 3 heterocycles. The molecule has 19 heavy (non-hydrogen) atoms. The highest BCUT2D eigenvalue weighted by Crippen LogP contribution is 2.15. The summed E-state index contributed by atoms with van der Waals surface area (Å²) in [6.07, 6.45) is 4.06. The maximum Gasteiger partial charge on any atom is 0.133 e. The Morgan fingerprint density at radius 1 is 1.37 bits per heavy atom. The van der Waals surface area contributed by atoms with Gasteiger partial charge < -0.3 is 9.88 Å². The summed E-state index contributed by atoms with van der Waals surface area (Å²) in [6.45, 7) is 4.98. The van der Waals surface area contributed by atoms with E-state index in [1.807, 2.05) is 31.3 Å². The van der Waals surface area contributed by atoms with E-state index in [1.54, 1.807) is 0 Å². The van der Waals surface area contributed by atoms with Crippen LogP contribution in [0, 0.1) is 12.8 Å². The summed E-state index contributed by atoms with van der Waals surface area (Å²) >= 11 is 0. The zero-order valence-electron chi connectivity index (χ0n) is 11.2. The smallest absolute Gasteiger partial charge is 0.133 e. The number of rotatable bonds is 4. The second-order valence-corrected chi connectivity index (χ2v) is 5.13. The first-order valence-electron chi connectivity index (χ1n) is 6.82. The highest BCUT2D eigenvalue weighted by Gasteiger charge is 2.19. The van der Waals surface area contributed by atoms with Crippen molar-refractivity contribution in [2.75, 3.05) is 13.1 Å². The van der Waals surface area contributed by atoms with Crippen molar-refractivity contribution in [2.24, 2.45) is 5.92 Å². The zero-order chi connectivity index (χ0) is 13.1. The number of aryl methyl sites for hydroxylation is 1. The Hall–Kier alpha value is -1.75. The van der Waals surface area contributed by atoms with E-state index >= 15 is 0 Å². The largest absolute Gasteiger partial charge is 0.316 e. The molecule has 2 aromatic heterocycles. The standard InChI is InChI=1S/C14H19N5/c1-11-17-18-14(8-12-5-7-15-9-12)19(11)10-13-4-2-3-6-16-13/h2-4,6,12,15H,5,7-10H2,1H3. The Morgan fingerprint density at radius 3 is 3.05 bits per heavy atom. The Balaban J connectivity index is 1.78. The molecule has 1 aliphatic heterocycles. The Bertz CT molecular complexity index is 528. The van der Waals surface area contributed by atoms with Gasteiger partial charge in [-0.2, -0.15) is 0 Å². The molecule has 2 aromatic rings. The Labute approximate surface area is 113 Å². The van der Waals surface area contributed by atoms with Gasteiger partial charge in [0, 0.05) is 12.6 Å². The lowest BCUT2D eigenvalue weighted by molar-refractivity contribution is 0.538. The first-order chi connectivity index (χ1) is 9.33. The molecule has 1 N–H and O–H groups in total. The molecule has 0 radical (unpaired) electrons. The lowest BCUT2D eigenvalue weighted by atomic mass is 10.0. The van der Waals surface area contributed by atoms with Crippen LogP contribution in [0.5, 0.6) is 0 Å². The molecule has 0 amide bonds. The van der Waals surface area contributed by atoms with E-state index in [9.17, 15) is 0 Å². The third-order valence-electron chi connectivity index (χ3n) is 3.69. The van der Waals surface area contributed by atoms with E-state index in [2.05, 4.69) is 25.1 Å². The molecule has 0 saturated carbocycles. The fourth-order valence-electron chi connectivity index (χ4n) is 2.58. The quantitative estimate of drug-likeness (QED) is 0.893. The molecule has 0 aliphatic carbocycles. The summed E-state index contributed by atoms with van der Waals surface area (Å²) in [5, 5.41) is 12.0. The van der Waals surface area contributed by atoms with Gasteiger partial charge in [-0.1, -0.05) is 6.07 Å². The average Bonchev–Trinajstić information content (AvgIpc) is 3.05.